The summed E-state index contributed by atoms with van der Waals surface area (Å²) in [5.41, 5.74) is 20.4. The van der Waals surface area contributed by atoms with Gasteiger partial charge in [0.25, 0.3) is 0 Å². The van der Waals surface area contributed by atoms with Gasteiger partial charge >= 0.3 is 0 Å². The predicted octanol–water partition coefficient (Wildman–Crippen LogP) is 20.9. The monoisotopic (exact) mass is 979 g/mol. The van der Waals surface area contributed by atoms with Crippen LogP contribution >= 0.6 is 0 Å². The van der Waals surface area contributed by atoms with Crippen molar-refractivity contribution in [1.82, 2.24) is 4.57 Å². The van der Waals surface area contributed by atoms with Crippen molar-refractivity contribution in [3.05, 3.63) is 273 Å². The van der Waals surface area contributed by atoms with Crippen LogP contribution in [0.2, 0.25) is 0 Å². The zero-order chi connectivity index (χ0) is 50.6. The van der Waals surface area contributed by atoms with E-state index in [0.29, 0.717) is 0 Å². The van der Waals surface area contributed by atoms with E-state index in [1.807, 2.05) is 0 Å². The van der Waals surface area contributed by atoms with E-state index >= 15 is 0 Å². The van der Waals surface area contributed by atoms with E-state index < -0.39 is 0 Å². The van der Waals surface area contributed by atoms with E-state index in [2.05, 4.69) is 278 Å². The van der Waals surface area contributed by atoms with E-state index in [9.17, 15) is 0 Å². The van der Waals surface area contributed by atoms with E-state index in [0.717, 1.165) is 111 Å². The fraction of sp³-hybridized carbons (Fsp3) is 0. The fourth-order valence-corrected chi connectivity index (χ4v) is 12.6. The molecular formula is C74H45NO2. The molecule has 3 nitrogen and oxygen atoms in total. The molecule has 0 fully saturated rings. The van der Waals surface area contributed by atoms with Crippen molar-refractivity contribution >= 4 is 87.2 Å². The highest BCUT2D eigenvalue weighted by atomic mass is 16.3. The SMILES string of the molecule is c1ccc(-c2c3ccccc3c(-c3cccc(-n4c5cc(-c6cccc7c6oc6c(-c8ccccc8)cccc67)ccc5c5ccc(-c6cccc7c6oc6c(-c8ccccc8)cccc67)cc54)c3)c3ccccc23)cc1. The second kappa shape index (κ2) is 17.2. The third kappa shape index (κ3) is 6.70. The molecule has 77 heavy (non-hydrogen) atoms. The first-order chi connectivity index (χ1) is 38.2. The lowest BCUT2D eigenvalue weighted by molar-refractivity contribution is 0.670. The molecule has 0 saturated carbocycles. The molecule has 13 aromatic carbocycles. The summed E-state index contributed by atoms with van der Waals surface area (Å²) < 4.78 is 16.5. The lowest BCUT2D eigenvalue weighted by Crippen LogP contribution is -1.96. The Labute approximate surface area is 443 Å². The number of para-hydroxylation sites is 4. The van der Waals surface area contributed by atoms with Crippen molar-refractivity contribution in [3.8, 4) is 72.4 Å². The third-order valence-corrected chi connectivity index (χ3v) is 16.0. The molecule has 16 rings (SSSR count). The fourth-order valence-electron chi connectivity index (χ4n) is 12.6. The molecule has 0 saturated heterocycles. The largest absolute Gasteiger partial charge is 0.455 e. The lowest BCUT2D eigenvalue weighted by Gasteiger charge is -2.18. The minimum absolute atomic E-state index is 0.879. The maximum Gasteiger partial charge on any atom is 0.143 e. The number of rotatable bonds is 7. The summed E-state index contributed by atoms with van der Waals surface area (Å²) in [5, 5.41) is 11.7. The van der Waals surface area contributed by atoms with Gasteiger partial charge in [-0.25, -0.2) is 0 Å². The number of hydrogen-bond donors (Lipinski definition) is 0. The summed E-state index contributed by atoms with van der Waals surface area (Å²) in [6, 6.07) is 98.8. The Morgan fingerprint density at radius 1 is 0.208 bits per heavy atom. The van der Waals surface area contributed by atoms with Gasteiger partial charge in [0.2, 0.25) is 0 Å². The van der Waals surface area contributed by atoms with Crippen LogP contribution in [0.1, 0.15) is 0 Å². The van der Waals surface area contributed by atoms with Crippen LogP contribution in [0.3, 0.4) is 0 Å². The smallest absolute Gasteiger partial charge is 0.143 e. The Kier molecular flexibility index (Phi) is 9.64. The quantitative estimate of drug-likeness (QED) is 0.149. The molecule has 358 valence electrons. The number of furan rings is 2. The number of nitrogens with zero attached hydrogens (tertiary/aromatic N) is 1. The van der Waals surface area contributed by atoms with Gasteiger partial charge in [-0.2, -0.15) is 0 Å². The Balaban J connectivity index is 0.941. The highest BCUT2D eigenvalue weighted by Gasteiger charge is 2.22. The number of fused-ring (bicyclic) bond motifs is 11. The first-order valence-electron chi connectivity index (χ1n) is 26.4. The van der Waals surface area contributed by atoms with Gasteiger partial charge < -0.3 is 13.4 Å². The molecule has 16 aromatic rings. The molecule has 0 N–H and O–H groups in total. The van der Waals surface area contributed by atoms with Gasteiger partial charge in [0.05, 0.1) is 11.0 Å². The molecule has 0 aliphatic heterocycles. The normalized spacial score (nSPS) is 11.9. The van der Waals surface area contributed by atoms with Gasteiger partial charge in [-0.1, -0.05) is 249 Å². The van der Waals surface area contributed by atoms with Gasteiger partial charge in [0.1, 0.15) is 22.3 Å². The summed E-state index contributed by atoms with van der Waals surface area (Å²) in [6.07, 6.45) is 0. The molecule has 3 heterocycles. The summed E-state index contributed by atoms with van der Waals surface area (Å²) in [6.45, 7) is 0. The van der Waals surface area contributed by atoms with E-state index in [4.69, 9.17) is 8.83 Å². The van der Waals surface area contributed by atoms with Gasteiger partial charge in [-0.05, 0) is 90.3 Å². The van der Waals surface area contributed by atoms with Crippen molar-refractivity contribution in [2.24, 2.45) is 0 Å². The molecule has 0 spiro atoms. The molecule has 3 aromatic heterocycles. The predicted molar refractivity (Wildman–Crippen MR) is 323 cm³/mol. The second-order valence-corrected chi connectivity index (χ2v) is 20.2. The maximum atomic E-state index is 7.02. The maximum absolute atomic E-state index is 7.02. The van der Waals surface area contributed by atoms with Crippen LogP contribution in [0.25, 0.3) is 160 Å². The first-order valence-corrected chi connectivity index (χ1v) is 26.4. The van der Waals surface area contributed by atoms with Crippen LogP contribution in [-0.4, -0.2) is 4.57 Å². The molecule has 0 aliphatic rings. The molecule has 0 atom stereocenters. The highest BCUT2D eigenvalue weighted by molar-refractivity contribution is 6.22. The number of hydrogen-bond acceptors (Lipinski definition) is 2. The molecular weight excluding hydrogens is 935 g/mol. The molecule has 3 heteroatoms. The van der Waals surface area contributed by atoms with E-state index in [1.165, 1.54) is 49.0 Å². The molecule has 0 aliphatic carbocycles. The zero-order valence-electron chi connectivity index (χ0n) is 41.7. The highest BCUT2D eigenvalue weighted by Crippen LogP contribution is 2.47. The Hall–Kier alpha value is -10.2. The molecule has 0 bridgehead atoms. The van der Waals surface area contributed by atoms with Crippen molar-refractivity contribution in [3.63, 3.8) is 0 Å². The molecule has 0 radical (unpaired) electrons. The lowest BCUT2D eigenvalue weighted by atomic mass is 9.86. The Morgan fingerprint density at radius 3 is 0.948 bits per heavy atom. The Bertz CT molecular complexity index is 4750. The van der Waals surface area contributed by atoms with Crippen molar-refractivity contribution in [2.45, 2.75) is 0 Å². The minimum atomic E-state index is 0.879. The van der Waals surface area contributed by atoms with Crippen LogP contribution in [-0.2, 0) is 0 Å². The van der Waals surface area contributed by atoms with Crippen LogP contribution in [0, 0.1) is 0 Å². The average Bonchev–Trinajstić information content (AvgIpc) is 4.40. The van der Waals surface area contributed by atoms with Crippen LogP contribution in [0.5, 0.6) is 0 Å². The summed E-state index contributed by atoms with van der Waals surface area (Å²) >= 11 is 0. The van der Waals surface area contributed by atoms with E-state index in [1.54, 1.807) is 0 Å². The molecule has 0 unspecified atom stereocenters. The molecule has 0 amide bonds. The van der Waals surface area contributed by atoms with Gasteiger partial charge in [-0.3, -0.25) is 0 Å². The van der Waals surface area contributed by atoms with E-state index in [-0.39, 0.29) is 0 Å². The number of benzene rings is 13. The zero-order valence-corrected chi connectivity index (χ0v) is 41.7. The average molecular weight is 980 g/mol. The summed E-state index contributed by atoms with van der Waals surface area (Å²) in [4.78, 5) is 0. The van der Waals surface area contributed by atoms with Crippen LogP contribution < -0.4 is 0 Å². The minimum Gasteiger partial charge on any atom is -0.455 e. The topological polar surface area (TPSA) is 31.2 Å². The van der Waals surface area contributed by atoms with Gasteiger partial charge in [-0.15, -0.1) is 0 Å². The summed E-state index contributed by atoms with van der Waals surface area (Å²) in [7, 11) is 0. The first kappa shape index (κ1) is 43.2. The number of aromatic nitrogens is 1. The Morgan fingerprint density at radius 2 is 0.532 bits per heavy atom. The standard InChI is InChI=1S/C74H45NO2/c1-4-19-46(20-5-1)53-31-15-35-63-65-37-17-33-55(73(65)76-71(53)63)49-39-41-57-58-42-40-50(56-34-18-38-66-64-36-16-32-54(72(64)77-74(56)66)47-21-6-2-7-22-47)45-68(58)75(67(57)44-49)52-26-14-25-51(43-52)70-61-29-12-10-27-59(61)69(48-23-8-3-9-24-48)60-28-11-13-30-62(60)70/h1-45H. The van der Waals surface area contributed by atoms with Crippen LogP contribution in [0.15, 0.2) is 282 Å². The second-order valence-electron chi connectivity index (χ2n) is 20.2. The summed E-state index contributed by atoms with van der Waals surface area (Å²) in [5.74, 6) is 0. The van der Waals surface area contributed by atoms with Gasteiger partial charge in [0, 0.05) is 60.3 Å². The van der Waals surface area contributed by atoms with Crippen molar-refractivity contribution in [1.29, 1.82) is 0 Å². The van der Waals surface area contributed by atoms with Crippen LogP contribution in [0.4, 0.5) is 0 Å². The van der Waals surface area contributed by atoms with Gasteiger partial charge in [0.15, 0.2) is 0 Å². The third-order valence-electron chi connectivity index (χ3n) is 16.0. The van der Waals surface area contributed by atoms with Crippen molar-refractivity contribution < 1.29 is 8.83 Å². The van der Waals surface area contributed by atoms with Crippen molar-refractivity contribution in [2.75, 3.05) is 0 Å².